The highest BCUT2D eigenvalue weighted by Gasteiger charge is 2.09. The predicted octanol–water partition coefficient (Wildman–Crippen LogP) is 1.80. The average Bonchev–Trinajstić information content (AvgIpc) is 2.36. The summed E-state index contributed by atoms with van der Waals surface area (Å²) in [6, 6.07) is 1.00. The molecule has 0 aliphatic carbocycles. The second kappa shape index (κ2) is 11.4. The van der Waals surface area contributed by atoms with E-state index < -0.39 is 10.0 Å². The average molecular weight is 322 g/mol. The van der Waals surface area contributed by atoms with E-state index in [-0.39, 0.29) is 5.75 Å². The molecule has 0 fully saturated rings. The first-order valence-corrected chi connectivity index (χ1v) is 9.81. The molecule has 0 aromatic heterocycles. The van der Waals surface area contributed by atoms with Gasteiger partial charge >= 0.3 is 0 Å². The first-order valence-electron chi connectivity index (χ1n) is 8.15. The van der Waals surface area contributed by atoms with Gasteiger partial charge in [-0.25, -0.2) is 13.1 Å². The van der Waals surface area contributed by atoms with Crippen molar-refractivity contribution in [1.82, 2.24) is 14.9 Å². The molecule has 0 saturated heterocycles. The molecule has 0 spiro atoms. The Balaban J connectivity index is 3.60. The quantitative estimate of drug-likeness (QED) is 0.508. The number of hydrogen-bond acceptors (Lipinski definition) is 4. The lowest BCUT2D eigenvalue weighted by Gasteiger charge is -2.20. The van der Waals surface area contributed by atoms with Crippen molar-refractivity contribution in [2.45, 2.75) is 65.5 Å². The lowest BCUT2D eigenvalue weighted by atomic mass is 10.2. The summed E-state index contributed by atoms with van der Waals surface area (Å²) in [6.45, 7) is 11.0. The third-order valence-electron chi connectivity index (χ3n) is 3.53. The fourth-order valence-corrected chi connectivity index (χ4v) is 3.04. The lowest BCUT2D eigenvalue weighted by Crippen LogP contribution is -2.30. The lowest BCUT2D eigenvalue weighted by molar-refractivity contribution is 0.268. The van der Waals surface area contributed by atoms with Crippen LogP contribution in [0.25, 0.3) is 0 Å². The van der Waals surface area contributed by atoms with Gasteiger partial charge in [-0.2, -0.15) is 0 Å². The Morgan fingerprint density at radius 1 is 0.952 bits per heavy atom. The van der Waals surface area contributed by atoms with Crippen LogP contribution in [0.5, 0.6) is 0 Å². The molecule has 0 aliphatic heterocycles. The van der Waals surface area contributed by atoms with Gasteiger partial charge in [0.15, 0.2) is 0 Å². The Bertz CT molecular complexity index is 343. The van der Waals surface area contributed by atoms with Crippen LogP contribution in [0.3, 0.4) is 0 Å². The van der Waals surface area contributed by atoms with Gasteiger partial charge in [-0.15, -0.1) is 0 Å². The molecule has 0 atom stereocenters. The van der Waals surface area contributed by atoms with E-state index in [1.165, 1.54) is 0 Å². The number of unbranched alkanes of at least 4 members (excludes halogenated alkanes) is 2. The molecule has 6 heteroatoms. The highest BCUT2D eigenvalue weighted by atomic mass is 32.2. The molecule has 5 nitrogen and oxygen atoms in total. The summed E-state index contributed by atoms with van der Waals surface area (Å²) in [5.41, 5.74) is 0. The largest absolute Gasteiger partial charge is 0.315 e. The minimum absolute atomic E-state index is 0.235. The highest BCUT2D eigenvalue weighted by Crippen LogP contribution is 1.99. The van der Waals surface area contributed by atoms with E-state index in [9.17, 15) is 8.42 Å². The van der Waals surface area contributed by atoms with Crippen molar-refractivity contribution >= 4 is 10.0 Å². The van der Waals surface area contributed by atoms with Gasteiger partial charge in [-0.1, -0.05) is 13.8 Å². The molecule has 0 aliphatic rings. The number of sulfonamides is 1. The standard InChI is InChI=1S/C15H35N3O2S/c1-14(2)16-10-7-9-13-21(19,20)17-11-6-8-12-18(5)15(3)4/h14-17H,6-13H2,1-5H3. The van der Waals surface area contributed by atoms with Crippen molar-refractivity contribution in [3.05, 3.63) is 0 Å². The minimum Gasteiger partial charge on any atom is -0.315 e. The maximum Gasteiger partial charge on any atom is 0.211 e. The van der Waals surface area contributed by atoms with E-state index in [4.69, 9.17) is 0 Å². The molecule has 0 bridgehead atoms. The van der Waals surface area contributed by atoms with Crippen molar-refractivity contribution in [3.8, 4) is 0 Å². The van der Waals surface area contributed by atoms with E-state index in [0.717, 1.165) is 32.4 Å². The van der Waals surface area contributed by atoms with E-state index >= 15 is 0 Å². The summed E-state index contributed by atoms with van der Waals surface area (Å²) in [5, 5.41) is 3.29. The molecule has 0 saturated carbocycles. The second-order valence-corrected chi connectivity index (χ2v) is 8.24. The van der Waals surface area contributed by atoms with Gasteiger partial charge in [0.05, 0.1) is 5.75 Å². The fourth-order valence-electron chi connectivity index (χ4n) is 1.85. The van der Waals surface area contributed by atoms with Gasteiger partial charge in [0.2, 0.25) is 10.0 Å². The minimum atomic E-state index is -3.09. The second-order valence-electron chi connectivity index (χ2n) is 6.31. The van der Waals surface area contributed by atoms with Crippen molar-refractivity contribution in [3.63, 3.8) is 0 Å². The molecule has 0 amide bonds. The molecule has 0 unspecified atom stereocenters. The van der Waals surface area contributed by atoms with Crippen LogP contribution in [0.1, 0.15) is 53.4 Å². The monoisotopic (exact) mass is 321 g/mol. The highest BCUT2D eigenvalue weighted by molar-refractivity contribution is 7.89. The Labute approximate surface area is 131 Å². The zero-order valence-corrected chi connectivity index (χ0v) is 15.3. The Kier molecular flexibility index (Phi) is 11.3. The Hall–Kier alpha value is -0.170. The molecule has 0 rings (SSSR count). The molecule has 128 valence electrons. The zero-order valence-electron chi connectivity index (χ0n) is 14.5. The van der Waals surface area contributed by atoms with E-state index in [2.05, 4.69) is 49.7 Å². The van der Waals surface area contributed by atoms with Gasteiger partial charge in [0.1, 0.15) is 0 Å². The third-order valence-corrected chi connectivity index (χ3v) is 5.00. The van der Waals surface area contributed by atoms with Crippen LogP contribution in [-0.2, 0) is 10.0 Å². The number of hydrogen-bond donors (Lipinski definition) is 2. The summed E-state index contributed by atoms with van der Waals surface area (Å²) in [7, 11) is -0.993. The van der Waals surface area contributed by atoms with Crippen molar-refractivity contribution < 1.29 is 8.42 Å². The smallest absolute Gasteiger partial charge is 0.211 e. The third kappa shape index (κ3) is 13.2. The summed E-state index contributed by atoms with van der Waals surface area (Å²) in [6.07, 6.45) is 3.53. The van der Waals surface area contributed by atoms with Crippen LogP contribution in [0.2, 0.25) is 0 Å². The fraction of sp³-hybridized carbons (Fsp3) is 1.00. The van der Waals surface area contributed by atoms with Crippen LogP contribution in [0.15, 0.2) is 0 Å². The van der Waals surface area contributed by atoms with Crippen LogP contribution in [0.4, 0.5) is 0 Å². The molecule has 2 N–H and O–H groups in total. The molecule has 0 heterocycles. The summed E-state index contributed by atoms with van der Waals surface area (Å²) in [5.74, 6) is 0.235. The van der Waals surface area contributed by atoms with Gasteiger partial charge < -0.3 is 10.2 Å². The van der Waals surface area contributed by atoms with Crippen molar-refractivity contribution in [1.29, 1.82) is 0 Å². The van der Waals surface area contributed by atoms with E-state index in [1.54, 1.807) is 0 Å². The van der Waals surface area contributed by atoms with Crippen molar-refractivity contribution in [2.24, 2.45) is 0 Å². The van der Waals surface area contributed by atoms with Crippen LogP contribution in [-0.4, -0.2) is 57.8 Å². The Morgan fingerprint density at radius 3 is 2.14 bits per heavy atom. The molecular weight excluding hydrogens is 286 g/mol. The number of nitrogens with one attached hydrogen (secondary N) is 2. The van der Waals surface area contributed by atoms with Crippen LogP contribution < -0.4 is 10.0 Å². The first kappa shape index (κ1) is 20.8. The van der Waals surface area contributed by atoms with Crippen LogP contribution in [0, 0.1) is 0 Å². The van der Waals surface area contributed by atoms with E-state index in [1.807, 2.05) is 0 Å². The predicted molar refractivity (Wildman–Crippen MR) is 91.2 cm³/mol. The molecular formula is C15H35N3O2S. The Morgan fingerprint density at radius 2 is 1.57 bits per heavy atom. The van der Waals surface area contributed by atoms with Crippen molar-refractivity contribution in [2.75, 3.05) is 32.4 Å². The normalized spacial score (nSPS) is 12.8. The zero-order chi connectivity index (χ0) is 16.3. The van der Waals surface area contributed by atoms with E-state index in [0.29, 0.717) is 25.0 Å². The molecule has 0 aromatic rings. The number of rotatable bonds is 13. The van der Waals surface area contributed by atoms with Gasteiger partial charge in [-0.3, -0.25) is 0 Å². The summed E-state index contributed by atoms with van der Waals surface area (Å²) >= 11 is 0. The maximum absolute atomic E-state index is 11.8. The molecule has 0 radical (unpaired) electrons. The first-order chi connectivity index (χ1) is 9.74. The summed E-state index contributed by atoms with van der Waals surface area (Å²) < 4.78 is 26.3. The van der Waals surface area contributed by atoms with Gasteiger partial charge in [0.25, 0.3) is 0 Å². The van der Waals surface area contributed by atoms with Gasteiger partial charge in [0, 0.05) is 18.6 Å². The van der Waals surface area contributed by atoms with Gasteiger partial charge in [-0.05, 0) is 59.7 Å². The number of nitrogens with zero attached hydrogens (tertiary/aromatic N) is 1. The maximum atomic E-state index is 11.8. The summed E-state index contributed by atoms with van der Waals surface area (Å²) in [4.78, 5) is 2.27. The topological polar surface area (TPSA) is 61.4 Å². The van der Waals surface area contributed by atoms with Crippen LogP contribution >= 0.6 is 0 Å². The molecule has 21 heavy (non-hydrogen) atoms. The SMILES string of the molecule is CC(C)NCCCCS(=O)(=O)NCCCCN(C)C(C)C. The molecule has 0 aromatic carbocycles.